The van der Waals surface area contributed by atoms with Gasteiger partial charge >= 0.3 is 6.03 Å². The average molecular weight is 363 g/mol. The molecule has 2 aromatic rings. The molecule has 0 aliphatic carbocycles. The first-order valence-corrected chi connectivity index (χ1v) is 9.45. The molecule has 2 amide bonds. The van der Waals surface area contributed by atoms with Gasteiger partial charge in [-0.1, -0.05) is 0 Å². The van der Waals surface area contributed by atoms with Gasteiger partial charge in [-0.05, 0) is 44.5 Å². The van der Waals surface area contributed by atoms with E-state index in [1.54, 1.807) is 55.0 Å². The maximum Gasteiger partial charge on any atom is 0.324 e. The monoisotopic (exact) mass is 363 g/mol. The number of carbonyl (C=O) groups is 1. The van der Waals surface area contributed by atoms with E-state index in [1.165, 1.54) is 0 Å². The number of nitrogens with one attached hydrogen (secondary N) is 2. The van der Waals surface area contributed by atoms with Gasteiger partial charge in [-0.3, -0.25) is 14.7 Å². The fourth-order valence-corrected chi connectivity index (χ4v) is 4.39. The highest BCUT2D eigenvalue weighted by Crippen LogP contribution is 2.24. The predicted octanol–water partition coefficient (Wildman–Crippen LogP) is 2.09. The maximum atomic E-state index is 12.5. The molecule has 1 saturated heterocycles. The first-order chi connectivity index (χ1) is 11.8. The lowest BCUT2D eigenvalue weighted by atomic mass is 10.2. The predicted molar refractivity (Wildman–Crippen MR) is 95.3 cm³/mol. The van der Waals surface area contributed by atoms with E-state index in [0.717, 1.165) is 18.7 Å². The fraction of sp³-hybridized carbons (Fsp3) is 0.375. The second kappa shape index (κ2) is 6.40. The quantitative estimate of drug-likeness (QED) is 0.869. The third kappa shape index (κ3) is 3.32. The summed E-state index contributed by atoms with van der Waals surface area (Å²) in [6.45, 7) is 4.70. The highest BCUT2D eigenvalue weighted by Gasteiger charge is 2.25. The lowest BCUT2D eigenvalue weighted by Crippen LogP contribution is -2.47. The van der Waals surface area contributed by atoms with Gasteiger partial charge in [-0.25, -0.2) is 13.2 Å². The van der Waals surface area contributed by atoms with Crippen LogP contribution in [0.5, 0.6) is 0 Å². The van der Waals surface area contributed by atoms with Crippen molar-refractivity contribution in [2.75, 3.05) is 29.8 Å². The molecule has 0 atom stereocenters. The zero-order valence-corrected chi connectivity index (χ0v) is 15.2. The molecule has 1 fully saturated rings. The van der Waals surface area contributed by atoms with Gasteiger partial charge in [0, 0.05) is 31.5 Å². The van der Waals surface area contributed by atoms with Crippen LogP contribution in [0, 0.1) is 13.8 Å². The molecular formula is C16H21N5O3S. The minimum Gasteiger partial charge on any atom is -0.327 e. The Morgan fingerprint density at radius 2 is 1.84 bits per heavy atom. The van der Waals surface area contributed by atoms with Crippen molar-refractivity contribution in [3.63, 3.8) is 0 Å². The Labute approximate surface area is 146 Å². The Bertz CT molecular complexity index is 869. The van der Waals surface area contributed by atoms with Crippen molar-refractivity contribution >= 4 is 27.4 Å². The van der Waals surface area contributed by atoms with E-state index >= 15 is 0 Å². The topological polar surface area (TPSA) is 98.4 Å². The van der Waals surface area contributed by atoms with Crippen LogP contribution < -0.4 is 9.62 Å². The van der Waals surface area contributed by atoms with Crippen molar-refractivity contribution in [3.8, 4) is 0 Å². The van der Waals surface area contributed by atoms with Crippen LogP contribution in [0.3, 0.4) is 0 Å². The minimum atomic E-state index is -3.72. The second-order valence-corrected chi connectivity index (χ2v) is 7.74. The summed E-state index contributed by atoms with van der Waals surface area (Å²) in [5.74, 6) is 0. The molecule has 0 spiro atoms. The number of H-pyrrole nitrogens is 1. The molecule has 9 heteroatoms. The number of benzene rings is 1. The molecular weight excluding hydrogens is 342 g/mol. The molecule has 2 N–H and O–H groups in total. The molecule has 1 aromatic heterocycles. The number of aryl methyl sites for hydroxylation is 2. The van der Waals surface area contributed by atoms with Gasteiger partial charge in [0.25, 0.3) is 10.0 Å². The maximum absolute atomic E-state index is 12.5. The smallest absolute Gasteiger partial charge is 0.324 e. The van der Waals surface area contributed by atoms with Crippen LogP contribution in [-0.2, 0) is 10.0 Å². The van der Waals surface area contributed by atoms with Gasteiger partial charge in [-0.15, -0.1) is 0 Å². The minimum absolute atomic E-state index is 0.0516. The number of urea groups is 1. The molecule has 25 heavy (non-hydrogen) atoms. The number of amides is 2. The Morgan fingerprint density at radius 3 is 2.44 bits per heavy atom. The number of hydrogen-bond donors (Lipinski definition) is 2. The number of rotatable bonds is 4. The number of sulfonamides is 1. The summed E-state index contributed by atoms with van der Waals surface area (Å²) in [5.41, 5.74) is 2.09. The van der Waals surface area contributed by atoms with Gasteiger partial charge in [-0.2, -0.15) is 5.10 Å². The van der Waals surface area contributed by atoms with Crippen LogP contribution in [0.15, 0.2) is 29.2 Å². The van der Waals surface area contributed by atoms with E-state index in [0.29, 0.717) is 23.6 Å². The van der Waals surface area contributed by atoms with Crippen LogP contribution in [0.25, 0.3) is 0 Å². The third-order valence-corrected chi connectivity index (χ3v) is 5.84. The Kier molecular flexibility index (Phi) is 4.42. The molecule has 1 aliphatic rings. The SMILES string of the molecule is Cc1n[nH]c(C)c1S(=O)(=O)Nc1ccc(N2CCCN(C)C2=O)cc1. The summed E-state index contributed by atoms with van der Waals surface area (Å²) >= 11 is 0. The van der Waals surface area contributed by atoms with E-state index in [4.69, 9.17) is 0 Å². The summed E-state index contributed by atoms with van der Waals surface area (Å²) in [6.07, 6.45) is 0.898. The van der Waals surface area contributed by atoms with Gasteiger partial charge < -0.3 is 4.90 Å². The fourth-order valence-electron chi connectivity index (χ4n) is 2.96. The summed E-state index contributed by atoms with van der Waals surface area (Å²) in [4.78, 5) is 15.7. The molecule has 1 aliphatic heterocycles. The Hall–Kier alpha value is -2.55. The van der Waals surface area contributed by atoms with E-state index < -0.39 is 10.0 Å². The lowest BCUT2D eigenvalue weighted by Gasteiger charge is -2.33. The largest absolute Gasteiger partial charge is 0.327 e. The zero-order chi connectivity index (χ0) is 18.2. The molecule has 0 unspecified atom stereocenters. The third-order valence-electron chi connectivity index (χ3n) is 4.19. The van der Waals surface area contributed by atoms with Crippen molar-refractivity contribution in [1.82, 2.24) is 15.1 Å². The molecule has 1 aromatic carbocycles. The van der Waals surface area contributed by atoms with Crippen molar-refractivity contribution in [1.29, 1.82) is 0 Å². The van der Waals surface area contributed by atoms with E-state index in [2.05, 4.69) is 14.9 Å². The molecule has 0 saturated carbocycles. The first-order valence-electron chi connectivity index (χ1n) is 7.96. The lowest BCUT2D eigenvalue weighted by molar-refractivity contribution is 0.207. The van der Waals surface area contributed by atoms with Gasteiger partial charge in [0.2, 0.25) is 0 Å². The highest BCUT2D eigenvalue weighted by atomic mass is 32.2. The summed E-state index contributed by atoms with van der Waals surface area (Å²) in [7, 11) is -1.95. The summed E-state index contributed by atoms with van der Waals surface area (Å²) < 4.78 is 27.6. The first kappa shape index (κ1) is 17.3. The Morgan fingerprint density at radius 1 is 1.16 bits per heavy atom. The number of aromatic amines is 1. The van der Waals surface area contributed by atoms with Crippen LogP contribution in [0.4, 0.5) is 16.2 Å². The number of anilines is 2. The van der Waals surface area contributed by atoms with Crippen LogP contribution in [0.2, 0.25) is 0 Å². The average Bonchev–Trinajstić information content (AvgIpc) is 2.90. The van der Waals surface area contributed by atoms with Crippen LogP contribution in [0.1, 0.15) is 17.8 Å². The number of aromatic nitrogens is 2. The van der Waals surface area contributed by atoms with Crippen molar-refractivity contribution in [3.05, 3.63) is 35.7 Å². The van der Waals surface area contributed by atoms with E-state index in [-0.39, 0.29) is 10.9 Å². The van der Waals surface area contributed by atoms with Crippen molar-refractivity contribution < 1.29 is 13.2 Å². The van der Waals surface area contributed by atoms with Crippen molar-refractivity contribution in [2.45, 2.75) is 25.2 Å². The van der Waals surface area contributed by atoms with Crippen LogP contribution >= 0.6 is 0 Å². The van der Waals surface area contributed by atoms with Gasteiger partial charge in [0.05, 0.1) is 11.4 Å². The number of carbonyl (C=O) groups excluding carboxylic acids is 1. The Balaban J connectivity index is 1.80. The van der Waals surface area contributed by atoms with E-state index in [9.17, 15) is 13.2 Å². The normalized spacial score (nSPS) is 15.6. The highest BCUT2D eigenvalue weighted by molar-refractivity contribution is 7.92. The molecule has 8 nitrogen and oxygen atoms in total. The zero-order valence-electron chi connectivity index (χ0n) is 14.4. The summed E-state index contributed by atoms with van der Waals surface area (Å²) in [5, 5.41) is 6.59. The van der Waals surface area contributed by atoms with E-state index in [1.807, 2.05) is 0 Å². The molecule has 2 heterocycles. The van der Waals surface area contributed by atoms with Crippen LogP contribution in [-0.4, -0.2) is 49.7 Å². The molecule has 0 radical (unpaired) electrons. The van der Waals surface area contributed by atoms with Crippen molar-refractivity contribution in [2.24, 2.45) is 0 Å². The molecule has 3 rings (SSSR count). The second-order valence-electron chi connectivity index (χ2n) is 6.12. The summed E-state index contributed by atoms with van der Waals surface area (Å²) in [6, 6.07) is 6.73. The standard InChI is InChI=1S/C16H21N5O3S/c1-11-15(12(2)18-17-11)25(23,24)19-13-5-7-14(8-6-13)21-10-4-9-20(3)16(21)22/h5-8,19H,4,9-10H2,1-3H3,(H,17,18). The molecule has 134 valence electrons. The number of nitrogens with zero attached hydrogens (tertiary/aromatic N) is 3. The van der Waals surface area contributed by atoms with Gasteiger partial charge in [0.1, 0.15) is 4.90 Å². The van der Waals surface area contributed by atoms with Gasteiger partial charge in [0.15, 0.2) is 0 Å². The number of hydrogen-bond acceptors (Lipinski definition) is 4. The molecule has 0 bridgehead atoms.